The maximum Gasteiger partial charge on any atom is 0.258 e. The molecule has 0 aliphatic heterocycles. The van der Waals surface area contributed by atoms with Crippen LogP contribution in [-0.2, 0) is 11.2 Å². The molecule has 2 rings (SSSR count). The summed E-state index contributed by atoms with van der Waals surface area (Å²) in [5.41, 5.74) is 1.68. The molecule has 1 N–H and O–H groups in total. The Kier molecular flexibility index (Phi) is 4.77. The average molecular weight is 275 g/mol. The number of carbonyl (C=O) groups is 2. The Balaban J connectivity index is 1.95. The lowest BCUT2D eigenvalue weighted by Crippen LogP contribution is -2.37. The van der Waals surface area contributed by atoms with Crippen LogP contribution in [0.3, 0.4) is 0 Å². The normalized spacial score (nSPS) is 13.4. The fourth-order valence-corrected chi connectivity index (χ4v) is 2.50. The van der Waals surface area contributed by atoms with E-state index in [1.165, 1.54) is 0 Å². The molecule has 0 bridgehead atoms. The van der Waals surface area contributed by atoms with Gasteiger partial charge in [-0.2, -0.15) is 0 Å². The quantitative estimate of drug-likeness (QED) is 0.868. The highest BCUT2D eigenvalue weighted by Gasteiger charge is 2.22. The van der Waals surface area contributed by atoms with Gasteiger partial charge in [0.2, 0.25) is 0 Å². The standard InChI is InChI=1S/C16H21NO3/c1-3-11(4-2)17-16(19)10-20-15-7-5-6-12-13(15)8-9-14(12)18/h5-7,11H,3-4,8-10H2,1-2H3,(H,17,19). The summed E-state index contributed by atoms with van der Waals surface area (Å²) in [6.07, 6.45) is 3.07. The van der Waals surface area contributed by atoms with Crippen molar-refractivity contribution in [3.8, 4) is 5.75 Å². The Morgan fingerprint density at radius 1 is 1.30 bits per heavy atom. The molecule has 1 amide bonds. The summed E-state index contributed by atoms with van der Waals surface area (Å²) < 4.78 is 5.58. The van der Waals surface area contributed by atoms with Gasteiger partial charge in [0.05, 0.1) is 0 Å². The first kappa shape index (κ1) is 14.6. The van der Waals surface area contributed by atoms with Crippen molar-refractivity contribution in [3.05, 3.63) is 29.3 Å². The third-order valence-electron chi connectivity index (χ3n) is 3.74. The number of hydrogen-bond donors (Lipinski definition) is 1. The molecule has 0 saturated carbocycles. The minimum atomic E-state index is -0.111. The molecule has 4 heteroatoms. The van der Waals surface area contributed by atoms with E-state index in [9.17, 15) is 9.59 Å². The van der Waals surface area contributed by atoms with Crippen LogP contribution in [0.5, 0.6) is 5.75 Å². The number of fused-ring (bicyclic) bond motifs is 1. The lowest BCUT2D eigenvalue weighted by atomic mass is 10.1. The van der Waals surface area contributed by atoms with Crippen LogP contribution >= 0.6 is 0 Å². The largest absolute Gasteiger partial charge is 0.483 e. The smallest absolute Gasteiger partial charge is 0.258 e. The number of nitrogens with one attached hydrogen (secondary N) is 1. The van der Waals surface area contributed by atoms with Crippen LogP contribution in [0.25, 0.3) is 0 Å². The molecule has 1 aromatic rings. The Hall–Kier alpha value is -1.84. The number of ketones is 1. The summed E-state index contributed by atoms with van der Waals surface area (Å²) in [6.45, 7) is 4.09. The molecule has 0 radical (unpaired) electrons. The third-order valence-corrected chi connectivity index (χ3v) is 3.74. The van der Waals surface area contributed by atoms with Crippen LogP contribution in [0.15, 0.2) is 18.2 Å². The van der Waals surface area contributed by atoms with Gasteiger partial charge in [0, 0.05) is 23.6 Å². The zero-order chi connectivity index (χ0) is 14.5. The van der Waals surface area contributed by atoms with Gasteiger partial charge in [-0.05, 0) is 25.3 Å². The Bertz CT molecular complexity index is 506. The predicted octanol–water partition coefficient (Wildman–Crippen LogP) is 2.50. The van der Waals surface area contributed by atoms with E-state index in [4.69, 9.17) is 4.74 Å². The van der Waals surface area contributed by atoms with Crippen LogP contribution in [0.2, 0.25) is 0 Å². The summed E-state index contributed by atoms with van der Waals surface area (Å²) in [6, 6.07) is 5.65. The van der Waals surface area contributed by atoms with Crippen LogP contribution in [0.4, 0.5) is 0 Å². The summed E-state index contributed by atoms with van der Waals surface area (Å²) in [5.74, 6) is 0.709. The van der Waals surface area contributed by atoms with Gasteiger partial charge in [-0.3, -0.25) is 9.59 Å². The first-order valence-electron chi connectivity index (χ1n) is 7.23. The van der Waals surface area contributed by atoms with Gasteiger partial charge in [0.1, 0.15) is 5.75 Å². The molecule has 1 aromatic carbocycles. The van der Waals surface area contributed by atoms with Crippen molar-refractivity contribution in [1.29, 1.82) is 0 Å². The van der Waals surface area contributed by atoms with Crippen molar-refractivity contribution in [3.63, 3.8) is 0 Å². The van der Waals surface area contributed by atoms with Crippen molar-refractivity contribution in [2.75, 3.05) is 6.61 Å². The number of Topliss-reactive ketones (excluding diaryl/α,β-unsaturated/α-hetero) is 1. The summed E-state index contributed by atoms with van der Waals surface area (Å²) in [4.78, 5) is 23.5. The topological polar surface area (TPSA) is 55.4 Å². The highest BCUT2D eigenvalue weighted by Crippen LogP contribution is 2.30. The molecule has 20 heavy (non-hydrogen) atoms. The van der Waals surface area contributed by atoms with Crippen LogP contribution < -0.4 is 10.1 Å². The zero-order valence-electron chi connectivity index (χ0n) is 12.1. The van der Waals surface area contributed by atoms with E-state index < -0.39 is 0 Å². The highest BCUT2D eigenvalue weighted by atomic mass is 16.5. The van der Waals surface area contributed by atoms with Crippen molar-refractivity contribution >= 4 is 11.7 Å². The summed E-state index contributed by atoms with van der Waals surface area (Å²) >= 11 is 0. The maximum atomic E-state index is 11.8. The molecular weight excluding hydrogens is 254 g/mol. The first-order chi connectivity index (χ1) is 9.65. The predicted molar refractivity (Wildman–Crippen MR) is 77.1 cm³/mol. The molecule has 0 unspecified atom stereocenters. The Morgan fingerprint density at radius 3 is 2.75 bits per heavy atom. The molecule has 0 aromatic heterocycles. The van der Waals surface area contributed by atoms with E-state index in [0.29, 0.717) is 18.6 Å². The van der Waals surface area contributed by atoms with Crippen LogP contribution in [-0.4, -0.2) is 24.3 Å². The number of carbonyl (C=O) groups excluding carboxylic acids is 2. The van der Waals surface area contributed by atoms with E-state index >= 15 is 0 Å². The number of amides is 1. The summed E-state index contributed by atoms with van der Waals surface area (Å²) in [7, 11) is 0. The highest BCUT2D eigenvalue weighted by molar-refractivity contribution is 6.01. The Morgan fingerprint density at radius 2 is 2.05 bits per heavy atom. The molecule has 108 valence electrons. The SMILES string of the molecule is CCC(CC)NC(=O)COc1cccc2c1CCC2=O. The lowest BCUT2D eigenvalue weighted by Gasteiger charge is -2.15. The molecule has 1 aliphatic carbocycles. The second-order valence-electron chi connectivity index (χ2n) is 5.08. The molecule has 4 nitrogen and oxygen atoms in total. The van der Waals surface area contributed by atoms with Gasteiger partial charge in [0.25, 0.3) is 5.91 Å². The first-order valence-corrected chi connectivity index (χ1v) is 7.23. The fourth-order valence-electron chi connectivity index (χ4n) is 2.50. The maximum absolute atomic E-state index is 11.8. The monoisotopic (exact) mass is 275 g/mol. The molecular formula is C16H21NO3. The third kappa shape index (κ3) is 3.18. The zero-order valence-corrected chi connectivity index (χ0v) is 12.1. The van der Waals surface area contributed by atoms with E-state index in [2.05, 4.69) is 5.32 Å². The molecule has 1 aliphatic rings. The van der Waals surface area contributed by atoms with E-state index in [1.807, 2.05) is 26.0 Å². The van der Waals surface area contributed by atoms with Gasteiger partial charge in [-0.1, -0.05) is 26.0 Å². The Labute approximate surface area is 119 Å². The van der Waals surface area contributed by atoms with Crippen LogP contribution in [0, 0.1) is 0 Å². The van der Waals surface area contributed by atoms with Gasteiger partial charge in [-0.25, -0.2) is 0 Å². The second-order valence-corrected chi connectivity index (χ2v) is 5.08. The fraction of sp³-hybridized carbons (Fsp3) is 0.500. The van der Waals surface area contributed by atoms with Crippen molar-refractivity contribution < 1.29 is 14.3 Å². The summed E-state index contributed by atoms with van der Waals surface area (Å²) in [5, 5.41) is 2.93. The molecule has 0 fully saturated rings. The minimum absolute atomic E-state index is 0.00113. The number of hydrogen-bond acceptors (Lipinski definition) is 3. The molecule has 0 spiro atoms. The minimum Gasteiger partial charge on any atom is -0.483 e. The lowest BCUT2D eigenvalue weighted by molar-refractivity contribution is -0.123. The van der Waals surface area contributed by atoms with Crippen molar-refractivity contribution in [2.24, 2.45) is 0 Å². The molecule has 0 saturated heterocycles. The number of ether oxygens (including phenoxy) is 1. The number of benzene rings is 1. The van der Waals surface area contributed by atoms with Gasteiger partial charge >= 0.3 is 0 Å². The van der Waals surface area contributed by atoms with Gasteiger partial charge in [0.15, 0.2) is 12.4 Å². The van der Waals surface area contributed by atoms with Gasteiger partial charge in [-0.15, -0.1) is 0 Å². The second kappa shape index (κ2) is 6.55. The van der Waals surface area contributed by atoms with Crippen molar-refractivity contribution in [2.45, 2.75) is 45.6 Å². The molecule has 0 heterocycles. The average Bonchev–Trinajstić information content (AvgIpc) is 2.85. The number of rotatable bonds is 6. The van der Waals surface area contributed by atoms with E-state index in [1.54, 1.807) is 6.07 Å². The van der Waals surface area contributed by atoms with Crippen LogP contribution in [0.1, 0.15) is 49.0 Å². The van der Waals surface area contributed by atoms with E-state index in [-0.39, 0.29) is 24.3 Å². The van der Waals surface area contributed by atoms with E-state index in [0.717, 1.165) is 24.0 Å². The van der Waals surface area contributed by atoms with Crippen molar-refractivity contribution in [1.82, 2.24) is 5.32 Å². The van der Waals surface area contributed by atoms with Gasteiger partial charge < -0.3 is 10.1 Å². The molecule has 0 atom stereocenters.